The molecule has 3 aliphatic rings. The van der Waals surface area contributed by atoms with Crippen molar-refractivity contribution in [2.75, 3.05) is 13.2 Å². The van der Waals surface area contributed by atoms with Crippen molar-refractivity contribution in [3.05, 3.63) is 0 Å². The number of hydrogen-bond acceptors (Lipinski definition) is 2. The van der Waals surface area contributed by atoms with Crippen molar-refractivity contribution in [1.29, 1.82) is 0 Å². The van der Waals surface area contributed by atoms with E-state index >= 15 is 0 Å². The lowest BCUT2D eigenvalue weighted by atomic mass is 9.94. The molecule has 3 atom stereocenters. The summed E-state index contributed by atoms with van der Waals surface area (Å²) < 4.78 is 11.5. The quantitative estimate of drug-likeness (QED) is 0.571. The van der Waals surface area contributed by atoms with Crippen molar-refractivity contribution in [3.63, 3.8) is 0 Å². The van der Waals surface area contributed by atoms with Crippen molar-refractivity contribution in [2.24, 2.45) is 17.8 Å². The largest absolute Gasteiger partial charge is 0.348 e. The van der Waals surface area contributed by atoms with Gasteiger partial charge in [-0.25, -0.2) is 0 Å². The highest BCUT2D eigenvalue weighted by Crippen LogP contribution is 2.53. The Bertz CT molecular complexity index is 208. The second kappa shape index (κ2) is 2.71. The summed E-state index contributed by atoms with van der Waals surface area (Å²) in [6, 6.07) is 0. The first kappa shape index (κ1) is 8.25. The van der Waals surface area contributed by atoms with Gasteiger partial charge in [0.25, 0.3) is 0 Å². The molecule has 0 aromatic carbocycles. The average molecular weight is 182 g/mol. The molecule has 2 saturated carbocycles. The molecule has 1 aliphatic heterocycles. The van der Waals surface area contributed by atoms with E-state index in [2.05, 4.69) is 6.92 Å². The van der Waals surface area contributed by atoms with E-state index in [1.54, 1.807) is 0 Å². The minimum Gasteiger partial charge on any atom is -0.348 e. The predicted octanol–water partition coefficient (Wildman–Crippen LogP) is 2.19. The fourth-order valence-electron chi connectivity index (χ4n) is 3.57. The van der Waals surface area contributed by atoms with Gasteiger partial charge in [-0.1, -0.05) is 13.3 Å². The van der Waals surface area contributed by atoms with Crippen LogP contribution in [0.1, 0.15) is 32.6 Å². The standard InChI is InChI=1S/C11H18O2/c1-8-2-3-9-6-11(7-10(8)9)12-4-5-13-11/h8-10H,2-7H2,1H3. The Labute approximate surface area is 79.6 Å². The van der Waals surface area contributed by atoms with Gasteiger partial charge in [-0.2, -0.15) is 0 Å². The molecule has 0 amide bonds. The van der Waals surface area contributed by atoms with E-state index < -0.39 is 0 Å². The van der Waals surface area contributed by atoms with Crippen LogP contribution in [0.3, 0.4) is 0 Å². The fourth-order valence-corrected chi connectivity index (χ4v) is 3.57. The third-order valence-electron chi connectivity index (χ3n) is 4.26. The summed E-state index contributed by atoms with van der Waals surface area (Å²) in [5.41, 5.74) is 0. The van der Waals surface area contributed by atoms with E-state index in [0.29, 0.717) is 0 Å². The molecule has 2 nitrogen and oxygen atoms in total. The normalized spacial score (nSPS) is 47.3. The Morgan fingerprint density at radius 2 is 1.85 bits per heavy atom. The van der Waals surface area contributed by atoms with Gasteiger partial charge in [-0.15, -0.1) is 0 Å². The molecule has 0 radical (unpaired) electrons. The Hall–Kier alpha value is -0.0800. The Kier molecular flexibility index (Phi) is 1.72. The SMILES string of the molecule is CC1CCC2CC3(CC12)OCCO3. The van der Waals surface area contributed by atoms with Gasteiger partial charge in [0.15, 0.2) is 5.79 Å². The molecule has 1 spiro atoms. The van der Waals surface area contributed by atoms with Gasteiger partial charge in [-0.3, -0.25) is 0 Å². The highest BCUT2D eigenvalue weighted by atomic mass is 16.7. The van der Waals surface area contributed by atoms with Gasteiger partial charge in [0.2, 0.25) is 0 Å². The first-order valence-electron chi connectivity index (χ1n) is 5.57. The molecule has 3 unspecified atom stereocenters. The first-order valence-corrected chi connectivity index (χ1v) is 5.57. The van der Waals surface area contributed by atoms with Crippen LogP contribution in [0.25, 0.3) is 0 Å². The van der Waals surface area contributed by atoms with Crippen LogP contribution >= 0.6 is 0 Å². The van der Waals surface area contributed by atoms with Crippen LogP contribution in [-0.4, -0.2) is 19.0 Å². The first-order chi connectivity index (χ1) is 6.29. The predicted molar refractivity (Wildman–Crippen MR) is 49.2 cm³/mol. The Morgan fingerprint density at radius 3 is 2.54 bits per heavy atom. The maximum absolute atomic E-state index is 5.76. The number of fused-ring (bicyclic) bond motifs is 1. The zero-order chi connectivity index (χ0) is 8.89. The number of rotatable bonds is 0. The second-order valence-electron chi connectivity index (χ2n) is 4.99. The zero-order valence-electron chi connectivity index (χ0n) is 8.29. The van der Waals surface area contributed by atoms with E-state index in [4.69, 9.17) is 9.47 Å². The fraction of sp³-hybridized carbons (Fsp3) is 1.00. The van der Waals surface area contributed by atoms with Crippen LogP contribution in [-0.2, 0) is 9.47 Å². The highest BCUT2D eigenvalue weighted by molar-refractivity contribution is 4.97. The molecule has 3 rings (SSSR count). The van der Waals surface area contributed by atoms with Crippen molar-refractivity contribution >= 4 is 0 Å². The summed E-state index contributed by atoms with van der Waals surface area (Å²) in [5.74, 6) is 2.55. The number of ether oxygens (including phenoxy) is 2. The van der Waals surface area contributed by atoms with Gasteiger partial charge in [0, 0.05) is 12.8 Å². The Balaban J connectivity index is 1.78. The van der Waals surface area contributed by atoms with Gasteiger partial charge in [-0.05, 0) is 24.2 Å². The summed E-state index contributed by atoms with van der Waals surface area (Å²) >= 11 is 0. The molecule has 0 aromatic heterocycles. The van der Waals surface area contributed by atoms with Crippen molar-refractivity contribution in [3.8, 4) is 0 Å². The van der Waals surface area contributed by atoms with Crippen molar-refractivity contribution in [2.45, 2.75) is 38.4 Å². The van der Waals surface area contributed by atoms with Gasteiger partial charge >= 0.3 is 0 Å². The highest BCUT2D eigenvalue weighted by Gasteiger charge is 2.52. The number of hydrogen-bond donors (Lipinski definition) is 0. The molecule has 1 heterocycles. The van der Waals surface area contributed by atoms with Crippen LogP contribution < -0.4 is 0 Å². The lowest BCUT2D eigenvalue weighted by Crippen LogP contribution is -2.27. The zero-order valence-corrected chi connectivity index (χ0v) is 8.29. The smallest absolute Gasteiger partial charge is 0.169 e. The third-order valence-corrected chi connectivity index (χ3v) is 4.26. The molecule has 0 N–H and O–H groups in total. The molecule has 2 heteroatoms. The molecule has 3 fully saturated rings. The Morgan fingerprint density at radius 1 is 1.08 bits per heavy atom. The van der Waals surface area contributed by atoms with Crippen LogP contribution in [0.15, 0.2) is 0 Å². The molecule has 0 aromatic rings. The van der Waals surface area contributed by atoms with E-state index in [1.165, 1.54) is 25.7 Å². The van der Waals surface area contributed by atoms with E-state index in [9.17, 15) is 0 Å². The van der Waals surface area contributed by atoms with E-state index in [-0.39, 0.29) is 5.79 Å². The maximum Gasteiger partial charge on any atom is 0.169 e. The van der Waals surface area contributed by atoms with Crippen LogP contribution in [0.2, 0.25) is 0 Å². The summed E-state index contributed by atoms with van der Waals surface area (Å²) in [5, 5.41) is 0. The molecule has 74 valence electrons. The summed E-state index contributed by atoms with van der Waals surface area (Å²) in [7, 11) is 0. The second-order valence-corrected chi connectivity index (χ2v) is 4.99. The van der Waals surface area contributed by atoms with Crippen LogP contribution in [0, 0.1) is 17.8 Å². The lowest BCUT2D eigenvalue weighted by molar-refractivity contribution is -0.156. The van der Waals surface area contributed by atoms with E-state index in [1.807, 2.05) is 0 Å². The lowest BCUT2D eigenvalue weighted by Gasteiger charge is -2.23. The van der Waals surface area contributed by atoms with Gasteiger partial charge in [0.1, 0.15) is 0 Å². The molecular weight excluding hydrogens is 164 g/mol. The maximum atomic E-state index is 5.76. The minimum absolute atomic E-state index is 0.135. The molecule has 1 saturated heterocycles. The topological polar surface area (TPSA) is 18.5 Å². The summed E-state index contributed by atoms with van der Waals surface area (Å²) in [6.07, 6.45) is 5.16. The van der Waals surface area contributed by atoms with Gasteiger partial charge < -0.3 is 9.47 Å². The monoisotopic (exact) mass is 182 g/mol. The minimum atomic E-state index is -0.135. The van der Waals surface area contributed by atoms with Crippen LogP contribution in [0.4, 0.5) is 0 Å². The van der Waals surface area contributed by atoms with Crippen molar-refractivity contribution < 1.29 is 9.47 Å². The summed E-state index contributed by atoms with van der Waals surface area (Å²) in [6.45, 7) is 4.01. The molecule has 13 heavy (non-hydrogen) atoms. The molecular formula is C11H18O2. The summed E-state index contributed by atoms with van der Waals surface area (Å²) in [4.78, 5) is 0. The van der Waals surface area contributed by atoms with E-state index in [0.717, 1.165) is 31.0 Å². The average Bonchev–Trinajstić information content (AvgIpc) is 2.76. The molecule has 2 aliphatic carbocycles. The van der Waals surface area contributed by atoms with Crippen LogP contribution in [0.5, 0.6) is 0 Å². The van der Waals surface area contributed by atoms with Gasteiger partial charge in [0.05, 0.1) is 13.2 Å². The molecule has 0 bridgehead atoms. The third kappa shape index (κ3) is 1.15. The van der Waals surface area contributed by atoms with Crippen molar-refractivity contribution in [1.82, 2.24) is 0 Å².